The number of hydrogen-bond acceptors (Lipinski definition) is 4. The third-order valence-electron chi connectivity index (χ3n) is 5.67. The lowest BCUT2D eigenvalue weighted by Crippen LogP contribution is -2.23. The molecule has 33 heavy (non-hydrogen) atoms. The highest BCUT2D eigenvalue weighted by Crippen LogP contribution is 2.31. The monoisotopic (exact) mass is 439 g/mol. The van der Waals surface area contributed by atoms with Crippen molar-refractivity contribution in [1.29, 1.82) is 0 Å². The molecule has 0 spiro atoms. The third-order valence-corrected chi connectivity index (χ3v) is 5.67. The Balaban J connectivity index is 1.31. The number of nitrogen functional groups attached to an aromatic ring is 1. The van der Waals surface area contributed by atoms with E-state index in [0.717, 1.165) is 28.1 Å². The minimum Gasteiger partial charge on any atom is -0.457 e. The van der Waals surface area contributed by atoms with Crippen LogP contribution < -0.4 is 10.5 Å². The molecule has 0 saturated carbocycles. The summed E-state index contributed by atoms with van der Waals surface area (Å²) < 4.78 is 18.8. The molecule has 0 saturated heterocycles. The molecule has 0 radical (unpaired) electrons. The minimum atomic E-state index is -0.306. The molecule has 1 aliphatic heterocycles. The SMILES string of the molecule is Cc1nc(-c2cccc(N)c2)cc2c1C(=O)N(Cc1ccc(Oc3ccc(F)cc3)cc1)C2. The van der Waals surface area contributed by atoms with Gasteiger partial charge in [-0.25, -0.2) is 4.39 Å². The molecular weight excluding hydrogens is 417 g/mol. The number of anilines is 1. The number of aryl methyl sites for hydroxylation is 1. The number of amides is 1. The van der Waals surface area contributed by atoms with Gasteiger partial charge in [0.2, 0.25) is 0 Å². The number of halogens is 1. The van der Waals surface area contributed by atoms with Gasteiger partial charge in [-0.15, -0.1) is 0 Å². The number of carbonyl (C=O) groups is 1. The van der Waals surface area contributed by atoms with Gasteiger partial charge in [0.1, 0.15) is 17.3 Å². The first-order chi connectivity index (χ1) is 16.0. The Morgan fingerprint density at radius 3 is 2.39 bits per heavy atom. The molecule has 1 amide bonds. The molecule has 0 aliphatic carbocycles. The van der Waals surface area contributed by atoms with Gasteiger partial charge in [-0.2, -0.15) is 0 Å². The van der Waals surface area contributed by atoms with Crippen LogP contribution in [0.25, 0.3) is 11.3 Å². The predicted molar refractivity (Wildman–Crippen MR) is 125 cm³/mol. The number of carbonyl (C=O) groups excluding carboxylic acids is 1. The summed E-state index contributed by atoms with van der Waals surface area (Å²) in [6.45, 7) is 2.88. The molecule has 2 heterocycles. The van der Waals surface area contributed by atoms with Gasteiger partial charge >= 0.3 is 0 Å². The summed E-state index contributed by atoms with van der Waals surface area (Å²) in [5.41, 5.74) is 11.7. The molecule has 5 nitrogen and oxygen atoms in total. The number of benzene rings is 3. The number of aromatic nitrogens is 1. The first-order valence-corrected chi connectivity index (χ1v) is 10.6. The largest absolute Gasteiger partial charge is 0.457 e. The van der Waals surface area contributed by atoms with E-state index < -0.39 is 0 Å². The van der Waals surface area contributed by atoms with Crippen molar-refractivity contribution in [3.63, 3.8) is 0 Å². The van der Waals surface area contributed by atoms with Crippen LogP contribution in [0.2, 0.25) is 0 Å². The zero-order valence-electron chi connectivity index (χ0n) is 18.1. The van der Waals surface area contributed by atoms with Crippen LogP contribution >= 0.6 is 0 Å². The number of nitrogens with zero attached hydrogens (tertiary/aromatic N) is 2. The smallest absolute Gasteiger partial charge is 0.256 e. The summed E-state index contributed by atoms with van der Waals surface area (Å²) in [6, 6.07) is 23.0. The Bertz CT molecular complexity index is 1330. The van der Waals surface area contributed by atoms with Gasteiger partial charge in [0, 0.05) is 24.3 Å². The van der Waals surface area contributed by atoms with Gasteiger partial charge < -0.3 is 15.4 Å². The van der Waals surface area contributed by atoms with Crippen LogP contribution in [0.4, 0.5) is 10.1 Å². The fraction of sp³-hybridized carbons (Fsp3) is 0.111. The van der Waals surface area contributed by atoms with Crippen molar-refractivity contribution in [1.82, 2.24) is 9.88 Å². The lowest BCUT2D eigenvalue weighted by Gasteiger charge is -2.16. The molecule has 0 atom stereocenters. The summed E-state index contributed by atoms with van der Waals surface area (Å²) in [5, 5.41) is 0. The van der Waals surface area contributed by atoms with Crippen LogP contribution in [-0.2, 0) is 13.1 Å². The quantitative estimate of drug-likeness (QED) is 0.404. The molecule has 1 aliphatic rings. The van der Waals surface area contributed by atoms with E-state index in [1.165, 1.54) is 12.1 Å². The van der Waals surface area contributed by atoms with E-state index >= 15 is 0 Å². The van der Waals surface area contributed by atoms with Crippen LogP contribution in [0, 0.1) is 12.7 Å². The van der Waals surface area contributed by atoms with E-state index in [1.807, 2.05) is 66.4 Å². The lowest BCUT2D eigenvalue weighted by atomic mass is 10.0. The highest BCUT2D eigenvalue weighted by atomic mass is 19.1. The van der Waals surface area contributed by atoms with Crippen molar-refractivity contribution in [2.24, 2.45) is 0 Å². The van der Waals surface area contributed by atoms with E-state index in [4.69, 9.17) is 10.5 Å². The Morgan fingerprint density at radius 2 is 1.70 bits per heavy atom. The molecule has 6 heteroatoms. The molecular formula is C27H22FN3O2. The summed E-state index contributed by atoms with van der Waals surface area (Å²) >= 11 is 0. The molecule has 0 unspecified atom stereocenters. The van der Waals surface area contributed by atoms with E-state index in [9.17, 15) is 9.18 Å². The molecule has 2 N–H and O–H groups in total. The molecule has 4 aromatic rings. The summed E-state index contributed by atoms with van der Waals surface area (Å²) in [4.78, 5) is 19.5. The Hall–Kier alpha value is -4.19. The van der Waals surface area contributed by atoms with Crippen molar-refractivity contribution in [2.45, 2.75) is 20.0 Å². The lowest BCUT2D eigenvalue weighted by molar-refractivity contribution is 0.0766. The second kappa shape index (κ2) is 8.39. The molecule has 3 aromatic carbocycles. The van der Waals surface area contributed by atoms with E-state index in [2.05, 4.69) is 4.98 Å². The number of rotatable bonds is 5. The fourth-order valence-corrected chi connectivity index (χ4v) is 4.09. The number of ether oxygens (including phenoxy) is 1. The zero-order chi connectivity index (χ0) is 22.9. The van der Waals surface area contributed by atoms with Crippen molar-refractivity contribution in [3.8, 4) is 22.8 Å². The van der Waals surface area contributed by atoms with Crippen molar-refractivity contribution in [3.05, 3.63) is 107 Å². The normalized spacial score (nSPS) is 12.7. The predicted octanol–water partition coefficient (Wildman–Crippen LogP) is 5.73. The molecule has 0 fully saturated rings. The van der Waals surface area contributed by atoms with E-state index in [-0.39, 0.29) is 11.7 Å². The highest BCUT2D eigenvalue weighted by Gasteiger charge is 2.30. The van der Waals surface area contributed by atoms with Crippen molar-refractivity contribution >= 4 is 11.6 Å². The van der Waals surface area contributed by atoms with Gasteiger partial charge in [0.15, 0.2) is 0 Å². The number of pyridine rings is 1. The average molecular weight is 439 g/mol. The maximum atomic E-state index is 13.1. The van der Waals surface area contributed by atoms with Crippen LogP contribution in [0.15, 0.2) is 78.9 Å². The Kier molecular flexibility index (Phi) is 5.26. The van der Waals surface area contributed by atoms with Crippen LogP contribution in [0.5, 0.6) is 11.5 Å². The van der Waals surface area contributed by atoms with Gasteiger partial charge in [-0.3, -0.25) is 9.78 Å². The third kappa shape index (κ3) is 4.28. The average Bonchev–Trinajstić information content (AvgIpc) is 3.12. The second-order valence-electron chi connectivity index (χ2n) is 8.11. The van der Waals surface area contributed by atoms with E-state index in [1.54, 1.807) is 12.1 Å². The van der Waals surface area contributed by atoms with Crippen molar-refractivity contribution in [2.75, 3.05) is 5.73 Å². The topological polar surface area (TPSA) is 68.5 Å². The molecule has 5 rings (SSSR count). The van der Waals surface area contributed by atoms with Gasteiger partial charge in [-0.1, -0.05) is 24.3 Å². The van der Waals surface area contributed by atoms with Crippen LogP contribution in [0.1, 0.15) is 27.2 Å². The molecule has 164 valence electrons. The number of fused-ring (bicyclic) bond motifs is 1. The minimum absolute atomic E-state index is 0.0132. The Labute approximate surface area is 191 Å². The maximum absolute atomic E-state index is 13.1. The summed E-state index contributed by atoms with van der Waals surface area (Å²) in [7, 11) is 0. The zero-order valence-corrected chi connectivity index (χ0v) is 18.1. The van der Waals surface area contributed by atoms with Crippen LogP contribution in [-0.4, -0.2) is 15.8 Å². The Morgan fingerprint density at radius 1 is 1.00 bits per heavy atom. The first-order valence-electron chi connectivity index (χ1n) is 10.6. The van der Waals surface area contributed by atoms with Gasteiger partial charge in [-0.05, 0) is 72.6 Å². The first kappa shape index (κ1) is 20.7. The standard InChI is InChI=1S/C27H22FN3O2/c1-17-26-20(14-25(30-17)19-3-2-4-22(29)13-19)16-31(27(26)32)15-18-5-9-23(10-6-18)33-24-11-7-21(28)8-12-24/h2-14H,15-16,29H2,1H3. The molecule has 1 aromatic heterocycles. The number of hydrogen-bond donors (Lipinski definition) is 1. The second-order valence-corrected chi connectivity index (χ2v) is 8.11. The van der Waals surface area contributed by atoms with Gasteiger partial charge in [0.05, 0.1) is 17.0 Å². The maximum Gasteiger partial charge on any atom is 0.256 e. The number of nitrogens with two attached hydrogens (primary N) is 1. The van der Waals surface area contributed by atoms with E-state index in [0.29, 0.717) is 35.8 Å². The van der Waals surface area contributed by atoms with Crippen molar-refractivity contribution < 1.29 is 13.9 Å². The van der Waals surface area contributed by atoms with Crippen LogP contribution in [0.3, 0.4) is 0 Å². The summed E-state index contributed by atoms with van der Waals surface area (Å²) in [5.74, 6) is 0.890. The molecule has 0 bridgehead atoms. The summed E-state index contributed by atoms with van der Waals surface area (Å²) in [6.07, 6.45) is 0. The highest BCUT2D eigenvalue weighted by molar-refractivity contribution is 5.99. The van der Waals surface area contributed by atoms with Gasteiger partial charge in [0.25, 0.3) is 5.91 Å². The fourth-order valence-electron chi connectivity index (χ4n) is 4.09.